The highest BCUT2D eigenvalue weighted by molar-refractivity contribution is 7.99. The molecule has 2 N–H and O–H groups in total. The Kier molecular flexibility index (Phi) is 5.28. The van der Waals surface area contributed by atoms with Crippen LogP contribution in [0.2, 0.25) is 0 Å². The van der Waals surface area contributed by atoms with Crippen molar-refractivity contribution in [1.29, 1.82) is 0 Å². The van der Waals surface area contributed by atoms with Crippen LogP contribution in [0.5, 0.6) is 0 Å². The summed E-state index contributed by atoms with van der Waals surface area (Å²) in [4.78, 5) is 13.3. The molecule has 1 amide bonds. The molecular weight excluding hydrogens is 256 g/mol. The zero-order valence-electron chi connectivity index (χ0n) is 11.6. The van der Waals surface area contributed by atoms with Gasteiger partial charge in [0.15, 0.2) is 0 Å². The predicted molar refractivity (Wildman–Crippen MR) is 80.8 cm³/mol. The Bertz CT molecular complexity index is 411. The standard InChI is InChI=1S/C15H22N2OS/c1-11(2)19-14-7-5-12(6-8-14)15(18)17-13-4-3-9-16-10-13/h5-8,11,13,16H,3-4,9-10H2,1-2H3,(H,17,18). The van der Waals surface area contributed by atoms with E-state index in [9.17, 15) is 4.79 Å². The molecule has 0 spiro atoms. The van der Waals surface area contributed by atoms with Crippen molar-refractivity contribution < 1.29 is 4.79 Å². The number of hydrogen-bond acceptors (Lipinski definition) is 3. The summed E-state index contributed by atoms with van der Waals surface area (Å²) in [5.74, 6) is 0.0368. The molecule has 4 heteroatoms. The molecule has 0 radical (unpaired) electrons. The van der Waals surface area contributed by atoms with Crippen LogP contribution in [0, 0.1) is 0 Å². The summed E-state index contributed by atoms with van der Waals surface area (Å²) in [5, 5.41) is 6.95. The third kappa shape index (κ3) is 4.55. The molecule has 19 heavy (non-hydrogen) atoms. The molecule has 3 nitrogen and oxygen atoms in total. The molecule has 0 saturated carbocycles. The fourth-order valence-corrected chi connectivity index (χ4v) is 3.04. The lowest BCUT2D eigenvalue weighted by atomic mass is 10.1. The van der Waals surface area contributed by atoms with E-state index in [0.717, 1.165) is 31.5 Å². The highest BCUT2D eigenvalue weighted by atomic mass is 32.2. The van der Waals surface area contributed by atoms with Gasteiger partial charge >= 0.3 is 0 Å². The first-order valence-electron chi connectivity index (χ1n) is 6.93. The molecule has 1 aromatic carbocycles. The molecule has 2 rings (SSSR count). The molecule has 0 aliphatic carbocycles. The maximum absolute atomic E-state index is 12.1. The molecule has 0 aromatic heterocycles. The minimum absolute atomic E-state index is 0.0368. The van der Waals surface area contributed by atoms with Gasteiger partial charge in [-0.2, -0.15) is 0 Å². The smallest absolute Gasteiger partial charge is 0.251 e. The van der Waals surface area contributed by atoms with Crippen LogP contribution in [0.25, 0.3) is 0 Å². The number of carbonyl (C=O) groups is 1. The van der Waals surface area contributed by atoms with Gasteiger partial charge in [-0.05, 0) is 43.7 Å². The number of amides is 1. The fraction of sp³-hybridized carbons (Fsp3) is 0.533. The van der Waals surface area contributed by atoms with Crippen molar-refractivity contribution in [3.05, 3.63) is 29.8 Å². The number of carbonyl (C=O) groups excluding carboxylic acids is 1. The summed E-state index contributed by atoms with van der Waals surface area (Å²) >= 11 is 1.81. The van der Waals surface area contributed by atoms with Gasteiger partial charge in [0.1, 0.15) is 0 Å². The Balaban J connectivity index is 1.91. The summed E-state index contributed by atoms with van der Waals surface area (Å²) in [7, 11) is 0. The normalized spacial score (nSPS) is 19.4. The zero-order valence-corrected chi connectivity index (χ0v) is 12.4. The van der Waals surface area contributed by atoms with Crippen LogP contribution in [0.4, 0.5) is 0 Å². The number of rotatable bonds is 4. The van der Waals surface area contributed by atoms with Gasteiger partial charge in [0.25, 0.3) is 5.91 Å². The molecule has 0 bridgehead atoms. The number of piperidine rings is 1. The van der Waals surface area contributed by atoms with E-state index in [2.05, 4.69) is 24.5 Å². The van der Waals surface area contributed by atoms with E-state index >= 15 is 0 Å². The fourth-order valence-electron chi connectivity index (χ4n) is 2.20. The Labute approximate surface area is 119 Å². The van der Waals surface area contributed by atoms with Crippen molar-refractivity contribution in [3.63, 3.8) is 0 Å². The highest BCUT2D eigenvalue weighted by Crippen LogP contribution is 2.22. The van der Waals surface area contributed by atoms with Crippen molar-refractivity contribution >= 4 is 17.7 Å². The molecule has 1 aliphatic heterocycles. The van der Waals surface area contributed by atoms with Crippen molar-refractivity contribution in [2.45, 2.75) is 42.9 Å². The van der Waals surface area contributed by atoms with E-state index in [0.29, 0.717) is 5.25 Å². The summed E-state index contributed by atoms with van der Waals surface area (Å²) < 4.78 is 0. The summed E-state index contributed by atoms with van der Waals surface area (Å²) in [6.45, 7) is 6.28. The van der Waals surface area contributed by atoms with Crippen LogP contribution in [-0.2, 0) is 0 Å². The van der Waals surface area contributed by atoms with Crippen molar-refractivity contribution in [2.75, 3.05) is 13.1 Å². The quantitative estimate of drug-likeness (QED) is 0.832. The van der Waals surface area contributed by atoms with E-state index in [1.54, 1.807) is 0 Å². The molecule has 1 fully saturated rings. The van der Waals surface area contributed by atoms with Gasteiger partial charge in [0.2, 0.25) is 0 Å². The van der Waals surface area contributed by atoms with Gasteiger partial charge in [0.05, 0.1) is 0 Å². The largest absolute Gasteiger partial charge is 0.348 e. The SMILES string of the molecule is CC(C)Sc1ccc(C(=O)NC2CCCNC2)cc1. The van der Waals surface area contributed by atoms with E-state index < -0.39 is 0 Å². The third-order valence-corrected chi connectivity index (χ3v) is 4.14. The molecular formula is C15H22N2OS. The Morgan fingerprint density at radius 2 is 2.11 bits per heavy atom. The van der Waals surface area contributed by atoms with Gasteiger partial charge in [-0.1, -0.05) is 13.8 Å². The van der Waals surface area contributed by atoms with Crippen LogP contribution in [0.3, 0.4) is 0 Å². The second-order valence-electron chi connectivity index (χ2n) is 5.21. The summed E-state index contributed by atoms with van der Waals surface area (Å²) in [6, 6.07) is 8.15. The van der Waals surface area contributed by atoms with Gasteiger partial charge in [-0.25, -0.2) is 0 Å². The number of hydrogen-bond donors (Lipinski definition) is 2. The van der Waals surface area contributed by atoms with Crippen LogP contribution in [-0.4, -0.2) is 30.3 Å². The topological polar surface area (TPSA) is 41.1 Å². The van der Waals surface area contributed by atoms with Crippen molar-refractivity contribution in [2.24, 2.45) is 0 Å². The predicted octanol–water partition coefficient (Wildman–Crippen LogP) is 2.67. The lowest BCUT2D eigenvalue weighted by Gasteiger charge is -2.23. The first-order valence-corrected chi connectivity index (χ1v) is 7.81. The highest BCUT2D eigenvalue weighted by Gasteiger charge is 2.16. The molecule has 1 aliphatic rings. The Morgan fingerprint density at radius 3 is 2.68 bits per heavy atom. The van der Waals surface area contributed by atoms with E-state index in [-0.39, 0.29) is 11.9 Å². The van der Waals surface area contributed by atoms with E-state index in [4.69, 9.17) is 0 Å². The third-order valence-electron chi connectivity index (χ3n) is 3.12. The summed E-state index contributed by atoms with van der Waals surface area (Å²) in [6.07, 6.45) is 2.20. The molecule has 104 valence electrons. The minimum atomic E-state index is 0.0368. The zero-order chi connectivity index (χ0) is 13.7. The van der Waals surface area contributed by atoms with Gasteiger partial charge in [-0.15, -0.1) is 11.8 Å². The number of nitrogens with one attached hydrogen (secondary N) is 2. The number of benzene rings is 1. The first kappa shape index (κ1) is 14.4. The molecule has 1 atom stereocenters. The van der Waals surface area contributed by atoms with Gasteiger partial charge in [-0.3, -0.25) is 4.79 Å². The van der Waals surface area contributed by atoms with E-state index in [1.807, 2.05) is 36.0 Å². The Hall–Kier alpha value is -1.00. The first-order chi connectivity index (χ1) is 9.15. The molecule has 1 saturated heterocycles. The molecule has 1 unspecified atom stereocenters. The second kappa shape index (κ2) is 6.96. The van der Waals surface area contributed by atoms with Crippen LogP contribution in [0.15, 0.2) is 29.2 Å². The van der Waals surface area contributed by atoms with Crippen LogP contribution in [0.1, 0.15) is 37.0 Å². The maximum Gasteiger partial charge on any atom is 0.251 e. The minimum Gasteiger partial charge on any atom is -0.348 e. The van der Waals surface area contributed by atoms with Gasteiger partial charge < -0.3 is 10.6 Å². The average molecular weight is 278 g/mol. The second-order valence-corrected chi connectivity index (χ2v) is 6.86. The average Bonchev–Trinajstić information content (AvgIpc) is 2.40. The maximum atomic E-state index is 12.1. The van der Waals surface area contributed by atoms with Gasteiger partial charge in [0, 0.05) is 28.3 Å². The van der Waals surface area contributed by atoms with Crippen LogP contribution < -0.4 is 10.6 Å². The molecule has 1 aromatic rings. The lowest BCUT2D eigenvalue weighted by molar-refractivity contribution is 0.0930. The lowest BCUT2D eigenvalue weighted by Crippen LogP contribution is -2.45. The van der Waals surface area contributed by atoms with E-state index in [1.165, 1.54) is 4.90 Å². The molecule has 1 heterocycles. The van der Waals surface area contributed by atoms with Crippen molar-refractivity contribution in [1.82, 2.24) is 10.6 Å². The monoisotopic (exact) mass is 278 g/mol. The Morgan fingerprint density at radius 1 is 1.37 bits per heavy atom. The summed E-state index contributed by atoms with van der Waals surface area (Å²) in [5.41, 5.74) is 0.749. The van der Waals surface area contributed by atoms with Crippen LogP contribution >= 0.6 is 11.8 Å². The number of thioether (sulfide) groups is 1. The van der Waals surface area contributed by atoms with Crippen molar-refractivity contribution in [3.8, 4) is 0 Å².